The van der Waals surface area contributed by atoms with Gasteiger partial charge in [-0.25, -0.2) is 8.78 Å². The third-order valence-electron chi connectivity index (χ3n) is 1.81. The van der Waals surface area contributed by atoms with Gasteiger partial charge in [-0.3, -0.25) is 0 Å². The molecule has 0 unspecified atom stereocenters. The lowest BCUT2D eigenvalue weighted by molar-refractivity contribution is -0.390. The smallest absolute Gasteiger partial charge is 0.368 e. The van der Waals surface area contributed by atoms with Crippen molar-refractivity contribution >= 4 is 21.7 Å². The summed E-state index contributed by atoms with van der Waals surface area (Å²) < 4.78 is 29.7. The number of pyridine rings is 1. The van der Waals surface area contributed by atoms with Crippen molar-refractivity contribution in [2.45, 2.75) is 11.8 Å². The van der Waals surface area contributed by atoms with Crippen molar-refractivity contribution in [2.75, 3.05) is 7.11 Å². The van der Waals surface area contributed by atoms with Crippen LogP contribution in [0.4, 0.5) is 14.6 Å². The Morgan fingerprint density at radius 1 is 1.69 bits per heavy atom. The number of nitro groups is 1. The maximum Gasteiger partial charge on any atom is 0.368 e. The van der Waals surface area contributed by atoms with E-state index in [2.05, 4.69) is 20.9 Å². The van der Waals surface area contributed by atoms with E-state index in [1.165, 1.54) is 13.2 Å². The topological polar surface area (TPSA) is 65.3 Å². The van der Waals surface area contributed by atoms with Crippen molar-refractivity contribution in [2.24, 2.45) is 0 Å². The third-order valence-corrected chi connectivity index (χ3v) is 2.42. The van der Waals surface area contributed by atoms with Crippen LogP contribution in [0, 0.1) is 10.1 Å². The van der Waals surface area contributed by atoms with Crippen LogP contribution in [0.25, 0.3) is 0 Å². The van der Waals surface area contributed by atoms with Crippen molar-refractivity contribution in [3.63, 3.8) is 0 Å². The van der Waals surface area contributed by atoms with E-state index >= 15 is 0 Å². The normalized spacial score (nSPS) is 10.6. The second kappa shape index (κ2) is 5.15. The van der Waals surface area contributed by atoms with Gasteiger partial charge in [-0.05, 0) is 16.0 Å². The zero-order chi connectivity index (χ0) is 12.3. The van der Waals surface area contributed by atoms with Gasteiger partial charge in [-0.2, -0.15) is 0 Å². The second-order valence-corrected chi connectivity index (χ2v) is 3.31. The number of hydrogen-bond acceptors (Lipinski definition) is 4. The zero-order valence-corrected chi connectivity index (χ0v) is 9.70. The Morgan fingerprint density at radius 3 is 2.69 bits per heavy atom. The quantitative estimate of drug-likeness (QED) is 0.487. The van der Waals surface area contributed by atoms with Gasteiger partial charge in [-0.1, -0.05) is 15.9 Å². The van der Waals surface area contributed by atoms with Crippen LogP contribution in [-0.2, 0) is 5.33 Å². The molecular formula is C8H7BrF2N2O3. The monoisotopic (exact) mass is 296 g/mol. The van der Waals surface area contributed by atoms with Crippen LogP contribution in [0.3, 0.4) is 0 Å². The predicted molar refractivity (Wildman–Crippen MR) is 55.0 cm³/mol. The molecule has 0 saturated heterocycles. The standard InChI is InChI=1S/C8H7BrF2N2O3/c1-16-5-2-4(3-9)8(13(14)15)12-6(5)7(10)11/h2,7H,3H2,1H3. The van der Waals surface area contributed by atoms with E-state index in [0.717, 1.165) is 0 Å². The van der Waals surface area contributed by atoms with Crippen LogP contribution in [-0.4, -0.2) is 17.0 Å². The lowest BCUT2D eigenvalue weighted by Crippen LogP contribution is -2.04. The fourth-order valence-electron chi connectivity index (χ4n) is 1.11. The molecule has 0 aliphatic heterocycles. The van der Waals surface area contributed by atoms with E-state index in [1.807, 2.05) is 0 Å². The summed E-state index contributed by atoms with van der Waals surface area (Å²) in [5.41, 5.74) is -0.537. The van der Waals surface area contributed by atoms with Gasteiger partial charge < -0.3 is 14.9 Å². The molecule has 0 aliphatic carbocycles. The minimum atomic E-state index is -2.92. The van der Waals surface area contributed by atoms with E-state index in [0.29, 0.717) is 0 Å². The predicted octanol–water partition coefficient (Wildman–Crippen LogP) is 2.83. The molecule has 88 valence electrons. The first-order valence-electron chi connectivity index (χ1n) is 4.07. The van der Waals surface area contributed by atoms with Gasteiger partial charge in [0.1, 0.15) is 0 Å². The number of alkyl halides is 3. The summed E-state index contributed by atoms with van der Waals surface area (Å²) in [6, 6.07) is 1.18. The Labute approximate surface area is 97.7 Å². The molecular weight excluding hydrogens is 290 g/mol. The number of hydrogen-bond donors (Lipinski definition) is 0. The summed E-state index contributed by atoms with van der Waals surface area (Å²) in [6.07, 6.45) is -2.92. The molecule has 0 spiro atoms. The van der Waals surface area contributed by atoms with Crippen molar-refractivity contribution in [1.82, 2.24) is 4.98 Å². The zero-order valence-electron chi connectivity index (χ0n) is 8.11. The lowest BCUT2D eigenvalue weighted by atomic mass is 10.2. The largest absolute Gasteiger partial charge is 0.492 e. The number of aromatic nitrogens is 1. The van der Waals surface area contributed by atoms with Gasteiger partial charge in [0, 0.05) is 5.33 Å². The highest BCUT2D eigenvalue weighted by Crippen LogP contribution is 2.32. The fourth-order valence-corrected chi connectivity index (χ4v) is 1.53. The summed E-state index contributed by atoms with van der Waals surface area (Å²) in [6.45, 7) is 0. The maximum absolute atomic E-state index is 12.5. The maximum atomic E-state index is 12.5. The summed E-state index contributed by atoms with van der Waals surface area (Å²) >= 11 is 3.01. The van der Waals surface area contributed by atoms with Crippen LogP contribution in [0.5, 0.6) is 5.75 Å². The molecule has 0 radical (unpaired) electrons. The molecule has 0 aromatic carbocycles. The van der Waals surface area contributed by atoms with Crippen LogP contribution in [0.15, 0.2) is 6.07 Å². The Bertz CT molecular complexity index is 415. The summed E-state index contributed by atoms with van der Waals surface area (Å²) in [5.74, 6) is -0.747. The average Bonchev–Trinajstić information content (AvgIpc) is 2.26. The minimum Gasteiger partial charge on any atom is -0.492 e. The summed E-state index contributed by atoms with van der Waals surface area (Å²) in [7, 11) is 1.20. The molecule has 0 bridgehead atoms. The van der Waals surface area contributed by atoms with Gasteiger partial charge in [0.25, 0.3) is 5.69 Å². The van der Waals surface area contributed by atoms with Crippen molar-refractivity contribution in [3.8, 4) is 5.75 Å². The van der Waals surface area contributed by atoms with Crippen molar-refractivity contribution in [3.05, 3.63) is 27.4 Å². The molecule has 1 heterocycles. The molecule has 0 atom stereocenters. The molecule has 0 N–H and O–H groups in total. The summed E-state index contributed by atoms with van der Waals surface area (Å²) in [4.78, 5) is 13.1. The fraction of sp³-hybridized carbons (Fsp3) is 0.375. The van der Waals surface area contributed by atoms with Crippen LogP contribution in [0.2, 0.25) is 0 Å². The van der Waals surface area contributed by atoms with Gasteiger partial charge in [-0.15, -0.1) is 0 Å². The molecule has 0 saturated carbocycles. The number of halogens is 3. The number of methoxy groups -OCH3 is 1. The minimum absolute atomic E-state index is 0.135. The molecule has 1 aromatic rings. The van der Waals surface area contributed by atoms with Gasteiger partial charge >= 0.3 is 12.2 Å². The number of nitrogens with zero attached hydrogens (tertiary/aromatic N) is 2. The third kappa shape index (κ3) is 2.43. The highest BCUT2D eigenvalue weighted by atomic mass is 79.9. The van der Waals surface area contributed by atoms with Gasteiger partial charge in [0.2, 0.25) is 0 Å². The molecule has 0 fully saturated rings. The Balaban J connectivity index is 3.40. The van der Waals surface area contributed by atoms with E-state index in [1.54, 1.807) is 0 Å². The molecule has 16 heavy (non-hydrogen) atoms. The van der Waals surface area contributed by atoms with Gasteiger partial charge in [0.05, 0.1) is 12.7 Å². The Kier molecular flexibility index (Phi) is 4.11. The van der Waals surface area contributed by atoms with E-state index in [-0.39, 0.29) is 16.6 Å². The average molecular weight is 297 g/mol. The highest BCUT2D eigenvalue weighted by Gasteiger charge is 2.27. The first-order valence-corrected chi connectivity index (χ1v) is 5.19. The molecule has 0 aliphatic rings. The van der Waals surface area contributed by atoms with Crippen molar-refractivity contribution in [1.29, 1.82) is 0 Å². The molecule has 0 amide bonds. The van der Waals surface area contributed by atoms with Gasteiger partial charge in [0.15, 0.2) is 5.75 Å². The molecule has 1 rings (SSSR count). The van der Waals surface area contributed by atoms with E-state index in [9.17, 15) is 18.9 Å². The van der Waals surface area contributed by atoms with Crippen LogP contribution in [0.1, 0.15) is 17.7 Å². The lowest BCUT2D eigenvalue weighted by Gasteiger charge is -2.06. The highest BCUT2D eigenvalue weighted by molar-refractivity contribution is 9.08. The van der Waals surface area contributed by atoms with Crippen molar-refractivity contribution < 1.29 is 18.4 Å². The second-order valence-electron chi connectivity index (χ2n) is 2.75. The first kappa shape index (κ1) is 12.8. The molecule has 5 nitrogen and oxygen atoms in total. The summed E-state index contributed by atoms with van der Waals surface area (Å²) in [5, 5.41) is 10.7. The number of ether oxygens (including phenoxy) is 1. The first-order chi connectivity index (χ1) is 7.51. The Morgan fingerprint density at radius 2 is 2.31 bits per heavy atom. The van der Waals surface area contributed by atoms with Crippen LogP contribution < -0.4 is 4.74 Å². The molecule has 8 heteroatoms. The number of rotatable bonds is 4. The SMILES string of the molecule is COc1cc(CBr)c([N+](=O)[O-])nc1C(F)F. The van der Waals surface area contributed by atoms with E-state index < -0.39 is 22.9 Å². The van der Waals surface area contributed by atoms with Crippen LogP contribution >= 0.6 is 15.9 Å². The van der Waals surface area contributed by atoms with E-state index in [4.69, 9.17) is 4.74 Å². The molecule has 1 aromatic heterocycles. The Hall–Kier alpha value is -1.31.